The summed E-state index contributed by atoms with van der Waals surface area (Å²) in [6.45, 7) is 10.2. The molecule has 4 nitrogen and oxygen atoms in total. The van der Waals surface area contributed by atoms with Crippen LogP contribution in [0.3, 0.4) is 0 Å². The van der Waals surface area contributed by atoms with Crippen LogP contribution in [0.15, 0.2) is 30.3 Å². The molecule has 0 aromatic heterocycles. The van der Waals surface area contributed by atoms with Gasteiger partial charge >= 0.3 is 0 Å². The summed E-state index contributed by atoms with van der Waals surface area (Å²) in [6.07, 6.45) is 0.214. The van der Waals surface area contributed by atoms with Gasteiger partial charge < -0.3 is 18.6 Å². The molecule has 140 valence electrons. The maximum atomic E-state index is 6.77. The van der Waals surface area contributed by atoms with Crippen LogP contribution in [0, 0.1) is 5.92 Å². The van der Waals surface area contributed by atoms with Crippen molar-refractivity contribution in [1.82, 2.24) is 0 Å². The number of epoxide rings is 1. The highest BCUT2D eigenvalue weighted by Gasteiger charge is 2.57. The summed E-state index contributed by atoms with van der Waals surface area (Å²) < 4.78 is 24.5. The lowest BCUT2D eigenvalue weighted by molar-refractivity contribution is -0.114. The van der Waals surface area contributed by atoms with Gasteiger partial charge in [0.05, 0.1) is 25.4 Å². The summed E-state index contributed by atoms with van der Waals surface area (Å²) in [5, 5.41) is 0. The molecule has 0 saturated carbocycles. The van der Waals surface area contributed by atoms with Gasteiger partial charge in [0, 0.05) is 5.92 Å². The smallest absolute Gasteiger partial charge is 0.192 e. The highest BCUT2D eigenvalue weighted by molar-refractivity contribution is 6.73. The first kappa shape index (κ1) is 19.0. The molecule has 2 aliphatic rings. The van der Waals surface area contributed by atoms with Gasteiger partial charge in [-0.25, -0.2) is 0 Å². The van der Waals surface area contributed by atoms with E-state index >= 15 is 0 Å². The number of benzene rings is 1. The van der Waals surface area contributed by atoms with E-state index in [4.69, 9.17) is 18.6 Å². The average molecular weight is 365 g/mol. The van der Waals surface area contributed by atoms with Gasteiger partial charge in [-0.05, 0) is 23.7 Å². The topological polar surface area (TPSA) is 40.2 Å². The van der Waals surface area contributed by atoms with Crippen molar-refractivity contribution in [3.8, 4) is 0 Å². The van der Waals surface area contributed by atoms with Crippen molar-refractivity contribution in [3.05, 3.63) is 35.9 Å². The molecule has 0 bridgehead atoms. The maximum Gasteiger partial charge on any atom is 0.192 e. The molecule has 0 radical (unpaired) electrons. The number of hydrogen-bond acceptors (Lipinski definition) is 4. The van der Waals surface area contributed by atoms with Gasteiger partial charge in [0.15, 0.2) is 14.6 Å². The standard InChI is InChI=1S/C20H32O4Si/c1-5-25(6-2,7-3)24-18-15(4)17(22-20-19(18)23-20)14-21-13-16-11-9-8-10-12-16/h8-12,15,17-20H,5-7,13-14H2,1-4H3/t15-,17-,18+,19-,20-/m0/s1. The average Bonchev–Trinajstić information content (AvgIpc) is 3.42. The molecule has 5 atom stereocenters. The van der Waals surface area contributed by atoms with Crippen LogP contribution in [0.4, 0.5) is 0 Å². The molecule has 5 heteroatoms. The third-order valence-electron chi connectivity index (χ3n) is 5.93. The summed E-state index contributed by atoms with van der Waals surface area (Å²) in [6, 6.07) is 13.8. The van der Waals surface area contributed by atoms with Crippen LogP contribution in [0.1, 0.15) is 33.3 Å². The van der Waals surface area contributed by atoms with Crippen molar-refractivity contribution < 1.29 is 18.6 Å². The molecule has 0 N–H and O–H groups in total. The Morgan fingerprint density at radius 2 is 1.68 bits per heavy atom. The molecule has 2 aliphatic heterocycles. The minimum atomic E-state index is -1.65. The third-order valence-corrected chi connectivity index (χ3v) is 10.6. The van der Waals surface area contributed by atoms with Crippen LogP contribution in [-0.2, 0) is 25.2 Å². The highest BCUT2D eigenvalue weighted by Crippen LogP contribution is 2.42. The molecule has 3 rings (SSSR count). The quantitative estimate of drug-likeness (QED) is 0.482. The Labute approximate surface area is 152 Å². The predicted molar refractivity (Wildman–Crippen MR) is 101 cm³/mol. The van der Waals surface area contributed by atoms with Gasteiger partial charge in [0.25, 0.3) is 0 Å². The SMILES string of the molecule is CC[Si](CC)(CC)O[C@@H]1[C@@H](C)[C@H](COCc2ccccc2)O[C@H]2O[C@H]21. The minimum absolute atomic E-state index is 0.0368. The van der Waals surface area contributed by atoms with E-state index in [2.05, 4.69) is 39.8 Å². The zero-order valence-corrected chi connectivity index (χ0v) is 16.9. The Bertz CT molecular complexity index is 525. The van der Waals surface area contributed by atoms with Crippen molar-refractivity contribution in [1.29, 1.82) is 0 Å². The van der Waals surface area contributed by atoms with E-state index in [-0.39, 0.29) is 30.5 Å². The van der Waals surface area contributed by atoms with Gasteiger partial charge in [-0.3, -0.25) is 0 Å². The fourth-order valence-corrected chi connectivity index (χ4v) is 6.71. The fraction of sp³-hybridized carbons (Fsp3) is 0.700. The molecule has 0 aliphatic carbocycles. The molecule has 0 spiro atoms. The van der Waals surface area contributed by atoms with Gasteiger partial charge in [0.2, 0.25) is 0 Å². The first-order valence-electron chi connectivity index (χ1n) is 9.73. The predicted octanol–water partition coefficient (Wildman–Crippen LogP) is 4.35. The zero-order chi connectivity index (χ0) is 17.9. The van der Waals surface area contributed by atoms with E-state index in [1.54, 1.807) is 0 Å². The van der Waals surface area contributed by atoms with Crippen molar-refractivity contribution in [3.63, 3.8) is 0 Å². The summed E-state index contributed by atoms with van der Waals surface area (Å²) in [4.78, 5) is 0. The molecule has 2 saturated heterocycles. The lowest BCUT2D eigenvalue weighted by atomic mass is 9.93. The number of fused-ring (bicyclic) bond motifs is 1. The molecule has 1 aromatic rings. The first-order valence-corrected chi connectivity index (χ1v) is 12.3. The molecule has 0 unspecified atom stereocenters. The van der Waals surface area contributed by atoms with E-state index < -0.39 is 8.32 Å². The van der Waals surface area contributed by atoms with Crippen molar-refractivity contribution in [2.45, 2.75) is 77.0 Å². The fourth-order valence-electron chi connectivity index (χ4n) is 3.78. The molecule has 1 aromatic carbocycles. The second kappa shape index (κ2) is 8.31. The Morgan fingerprint density at radius 1 is 1.00 bits per heavy atom. The summed E-state index contributed by atoms with van der Waals surface area (Å²) in [7, 11) is -1.65. The molecular formula is C20H32O4Si. The Kier molecular flexibility index (Phi) is 6.33. The van der Waals surface area contributed by atoms with E-state index in [0.717, 1.165) is 18.1 Å². The molecule has 25 heavy (non-hydrogen) atoms. The first-order chi connectivity index (χ1) is 12.1. The second-order valence-corrected chi connectivity index (χ2v) is 12.1. The number of hydrogen-bond donors (Lipinski definition) is 0. The van der Waals surface area contributed by atoms with Crippen molar-refractivity contribution >= 4 is 8.32 Å². The van der Waals surface area contributed by atoms with E-state index in [1.165, 1.54) is 5.56 Å². The van der Waals surface area contributed by atoms with E-state index in [9.17, 15) is 0 Å². The summed E-state index contributed by atoms with van der Waals surface area (Å²) >= 11 is 0. The lowest BCUT2D eigenvalue weighted by Gasteiger charge is -2.39. The van der Waals surface area contributed by atoms with Crippen LogP contribution >= 0.6 is 0 Å². The lowest BCUT2D eigenvalue weighted by Crippen LogP contribution is -2.51. The number of rotatable bonds is 9. The molecular weight excluding hydrogens is 332 g/mol. The van der Waals surface area contributed by atoms with Crippen LogP contribution in [0.5, 0.6) is 0 Å². The Morgan fingerprint density at radius 3 is 2.32 bits per heavy atom. The third kappa shape index (κ3) is 4.34. The molecule has 2 fully saturated rings. The second-order valence-electron chi connectivity index (χ2n) is 7.33. The van der Waals surface area contributed by atoms with Crippen molar-refractivity contribution in [2.24, 2.45) is 5.92 Å². The zero-order valence-electron chi connectivity index (χ0n) is 15.9. The van der Waals surface area contributed by atoms with Crippen molar-refractivity contribution in [2.75, 3.05) is 6.61 Å². The van der Waals surface area contributed by atoms with Gasteiger partial charge in [-0.15, -0.1) is 0 Å². The van der Waals surface area contributed by atoms with Gasteiger partial charge in [0.1, 0.15) is 6.10 Å². The molecule has 2 heterocycles. The van der Waals surface area contributed by atoms with E-state index in [1.807, 2.05) is 18.2 Å². The van der Waals surface area contributed by atoms with Crippen LogP contribution in [0.2, 0.25) is 18.1 Å². The maximum absolute atomic E-state index is 6.77. The normalized spacial score (nSPS) is 31.6. The Balaban J connectivity index is 1.57. The van der Waals surface area contributed by atoms with E-state index in [0.29, 0.717) is 13.2 Å². The Hall–Kier alpha value is -0.723. The summed E-state index contributed by atoms with van der Waals surface area (Å²) in [5.74, 6) is 0.288. The number of ether oxygens (including phenoxy) is 3. The monoisotopic (exact) mass is 364 g/mol. The van der Waals surface area contributed by atoms with Crippen LogP contribution in [-0.4, -0.2) is 39.5 Å². The van der Waals surface area contributed by atoms with Crippen LogP contribution in [0.25, 0.3) is 0 Å². The summed E-state index contributed by atoms with van der Waals surface area (Å²) in [5.41, 5.74) is 1.19. The molecule has 0 amide bonds. The minimum Gasteiger partial charge on any atom is -0.411 e. The highest BCUT2D eigenvalue weighted by atomic mass is 28.4. The van der Waals surface area contributed by atoms with Gasteiger partial charge in [-0.1, -0.05) is 58.0 Å². The largest absolute Gasteiger partial charge is 0.411 e. The van der Waals surface area contributed by atoms with Crippen LogP contribution < -0.4 is 0 Å². The van der Waals surface area contributed by atoms with Gasteiger partial charge in [-0.2, -0.15) is 0 Å².